The van der Waals surface area contributed by atoms with Gasteiger partial charge in [0.1, 0.15) is 12.7 Å². The number of rotatable bonds is 6. The Morgan fingerprint density at radius 2 is 2.26 bits per heavy atom. The van der Waals surface area contributed by atoms with Gasteiger partial charge in [-0.25, -0.2) is 11.5 Å². The van der Waals surface area contributed by atoms with Crippen LogP contribution in [0.1, 0.15) is 13.8 Å². The van der Waals surface area contributed by atoms with E-state index in [1.807, 2.05) is 20.5 Å². The number of ether oxygens (including phenoxy) is 1. The zero-order chi connectivity index (χ0) is 13.2. The van der Waals surface area contributed by atoms with Crippen LogP contribution in [0.4, 0.5) is 0 Å². The Balaban J connectivity index is 0.00000180. The predicted octanol–water partition coefficient (Wildman–Crippen LogP) is 2.12. The van der Waals surface area contributed by atoms with Crippen molar-refractivity contribution in [2.45, 2.75) is 31.8 Å². The molecule has 1 unspecified atom stereocenters. The van der Waals surface area contributed by atoms with Crippen LogP contribution in [0.3, 0.4) is 0 Å². The summed E-state index contributed by atoms with van der Waals surface area (Å²) in [5, 5.41) is 0. The van der Waals surface area contributed by atoms with Crippen LogP contribution in [0.2, 0.25) is 0 Å². The van der Waals surface area contributed by atoms with E-state index in [2.05, 4.69) is 4.85 Å². The molecule has 2 bridgehead atoms. The standard InChI is InChI=1S/C11H17NO5P.U/c1-8(2)11-10(9(7-13-11)15-17-11)16-18(4)14-6-5-12-3;/h7-10H,5-6H2,1-2,4H3;/q-1;/t9-,10-,11-,18?;/m0./s1. The van der Waals surface area contributed by atoms with Crippen molar-refractivity contribution in [3.05, 3.63) is 18.0 Å². The minimum atomic E-state index is -1.08. The molecule has 2 rings (SSSR count). The van der Waals surface area contributed by atoms with Crippen molar-refractivity contribution in [3.63, 3.8) is 0 Å². The van der Waals surface area contributed by atoms with Crippen molar-refractivity contribution in [2.24, 2.45) is 5.92 Å². The van der Waals surface area contributed by atoms with E-state index in [0.29, 0.717) is 13.2 Å². The zero-order valence-electron chi connectivity index (χ0n) is 11.2. The second-order valence-electron chi connectivity index (χ2n) is 4.45. The summed E-state index contributed by atoms with van der Waals surface area (Å²) in [6, 6.07) is 0. The molecular weight excluding hydrogens is 495 g/mol. The van der Waals surface area contributed by atoms with Gasteiger partial charge in [0, 0.05) is 49.8 Å². The molecule has 2 aliphatic heterocycles. The van der Waals surface area contributed by atoms with E-state index >= 15 is 0 Å². The summed E-state index contributed by atoms with van der Waals surface area (Å²) < 4.78 is 16.8. The largest absolute Gasteiger partial charge is 0.520 e. The van der Waals surface area contributed by atoms with Gasteiger partial charge in [-0.3, -0.25) is 4.89 Å². The molecule has 0 aromatic carbocycles. The fourth-order valence-corrected chi connectivity index (χ4v) is 2.90. The first-order chi connectivity index (χ1) is 8.60. The quantitative estimate of drug-likeness (QED) is 0.236. The molecule has 2 heterocycles. The Labute approximate surface area is 138 Å². The average Bonchev–Trinajstić information content (AvgIpc) is 2.86. The maximum absolute atomic E-state index is 6.68. The third kappa shape index (κ3) is 3.70. The summed E-state index contributed by atoms with van der Waals surface area (Å²) >= 11 is 0. The number of nitrogens with zero attached hydrogens (tertiary/aromatic N) is 1. The third-order valence-electron chi connectivity index (χ3n) is 2.91. The first-order valence-electron chi connectivity index (χ1n) is 5.82. The van der Waals surface area contributed by atoms with Gasteiger partial charge in [0.05, 0.1) is 0 Å². The van der Waals surface area contributed by atoms with Crippen LogP contribution in [0.25, 0.3) is 4.85 Å². The van der Waals surface area contributed by atoms with E-state index in [-0.39, 0.29) is 49.2 Å². The summed E-state index contributed by atoms with van der Waals surface area (Å²) in [5.41, 5.74) is 0. The Bertz CT molecular complexity index is 330. The normalized spacial score (nSPS) is 34.1. The second-order valence-corrected chi connectivity index (χ2v) is 5.80. The Hall–Kier alpha value is 0.772. The molecule has 0 aromatic heterocycles. The van der Waals surface area contributed by atoms with Crippen LogP contribution in [0, 0.1) is 50.2 Å². The van der Waals surface area contributed by atoms with Crippen molar-refractivity contribution in [1.82, 2.24) is 0 Å². The molecule has 2 aliphatic rings. The van der Waals surface area contributed by atoms with Gasteiger partial charge in [-0.2, -0.15) is 6.61 Å². The molecule has 4 atom stereocenters. The van der Waals surface area contributed by atoms with Crippen molar-refractivity contribution in [3.8, 4) is 0 Å². The van der Waals surface area contributed by atoms with Gasteiger partial charge in [0.15, 0.2) is 8.38 Å². The fraction of sp³-hybridized carbons (Fsp3) is 0.818. The molecular formula is C11H17NO5PU-. The van der Waals surface area contributed by atoms with Crippen molar-refractivity contribution >= 4 is 8.38 Å². The minimum Gasteiger partial charge on any atom is -0.520 e. The fourth-order valence-electron chi connectivity index (χ4n) is 1.91. The van der Waals surface area contributed by atoms with E-state index in [4.69, 9.17) is 30.1 Å². The van der Waals surface area contributed by atoms with Gasteiger partial charge in [-0.05, 0) is 0 Å². The van der Waals surface area contributed by atoms with Crippen LogP contribution in [0.15, 0.2) is 0 Å². The summed E-state index contributed by atoms with van der Waals surface area (Å²) in [4.78, 5) is 13.6. The molecule has 6 nitrogen and oxygen atoms in total. The molecule has 0 aliphatic carbocycles. The van der Waals surface area contributed by atoms with Gasteiger partial charge in [0.2, 0.25) is 12.3 Å². The van der Waals surface area contributed by atoms with E-state index in [0.717, 1.165) is 0 Å². The van der Waals surface area contributed by atoms with E-state index < -0.39 is 14.2 Å². The minimum absolute atomic E-state index is 0. The van der Waals surface area contributed by atoms with Gasteiger partial charge in [0.25, 0.3) is 0 Å². The monoisotopic (exact) mass is 512 g/mol. The smallest absolute Gasteiger partial charge is 0.238 e. The molecule has 19 heavy (non-hydrogen) atoms. The molecule has 2 fully saturated rings. The molecule has 106 valence electrons. The Morgan fingerprint density at radius 3 is 2.79 bits per heavy atom. The molecule has 0 spiro atoms. The summed E-state index contributed by atoms with van der Waals surface area (Å²) in [5.74, 6) is -0.775. The second kappa shape index (κ2) is 7.69. The van der Waals surface area contributed by atoms with Gasteiger partial charge in [-0.1, -0.05) is 13.8 Å². The first-order valence-corrected chi connectivity index (χ1v) is 7.45. The molecule has 8 heteroatoms. The van der Waals surface area contributed by atoms with Gasteiger partial charge in [-0.15, -0.1) is 0 Å². The Kier molecular flexibility index (Phi) is 7.21. The van der Waals surface area contributed by atoms with Crippen LogP contribution < -0.4 is 0 Å². The molecule has 0 aromatic rings. The summed E-state index contributed by atoms with van der Waals surface area (Å²) in [6.45, 7) is 14.8. The average molecular weight is 512 g/mol. The number of fused-ring (bicyclic) bond motifs is 2. The van der Waals surface area contributed by atoms with E-state index in [1.165, 1.54) is 0 Å². The third-order valence-corrected chi connectivity index (χ3v) is 3.98. The molecule has 2 saturated heterocycles. The summed E-state index contributed by atoms with van der Waals surface area (Å²) in [7, 11) is -1.08. The summed E-state index contributed by atoms with van der Waals surface area (Å²) in [6.07, 6.45) is -0.636. The zero-order valence-corrected chi connectivity index (χ0v) is 16.2. The maximum Gasteiger partial charge on any atom is 0.238 e. The van der Waals surface area contributed by atoms with Crippen molar-refractivity contribution in [1.29, 1.82) is 0 Å². The van der Waals surface area contributed by atoms with Crippen LogP contribution >= 0.6 is 8.38 Å². The maximum atomic E-state index is 6.68. The molecule has 0 N–H and O–H groups in total. The molecule has 0 radical (unpaired) electrons. The molecule has 0 amide bonds. The Morgan fingerprint density at radius 1 is 1.53 bits per heavy atom. The number of hydrogen-bond acceptors (Lipinski definition) is 5. The topological polar surface area (TPSA) is 50.5 Å². The number of hydrogen-bond donors (Lipinski definition) is 0. The van der Waals surface area contributed by atoms with Gasteiger partial charge >= 0.3 is 0 Å². The van der Waals surface area contributed by atoms with Crippen LogP contribution in [0.5, 0.6) is 0 Å². The molecule has 0 saturated carbocycles. The van der Waals surface area contributed by atoms with Crippen molar-refractivity contribution in [2.75, 3.05) is 19.8 Å². The van der Waals surface area contributed by atoms with Crippen LogP contribution in [-0.2, 0) is 23.6 Å². The SMILES string of the molecule is [C-]#[N+]CCOP(C)O[C@H]1[C@@H]2[CH-]O[C@@]1(C(C)C)OO2.[U]. The predicted molar refractivity (Wildman–Crippen MR) is 64.1 cm³/mol. The first kappa shape index (κ1) is 17.8. The van der Waals surface area contributed by atoms with Crippen molar-refractivity contribution < 1.29 is 54.7 Å². The van der Waals surface area contributed by atoms with E-state index in [1.54, 1.807) is 6.61 Å². The van der Waals surface area contributed by atoms with E-state index in [9.17, 15) is 0 Å². The van der Waals surface area contributed by atoms with Crippen LogP contribution in [-0.4, -0.2) is 37.8 Å². The van der Waals surface area contributed by atoms with Gasteiger partial charge < -0.3 is 18.6 Å².